The molecule has 1 N–H and O–H groups in total. The summed E-state index contributed by atoms with van der Waals surface area (Å²) in [6.07, 6.45) is 2.07. The van der Waals surface area contributed by atoms with E-state index in [0.29, 0.717) is 54.8 Å². The Morgan fingerprint density at radius 1 is 0.862 bits per heavy atom. The number of methoxy groups -OCH3 is 1. The molecule has 296 valence electrons. The number of ether oxygens (including phenoxy) is 1. The number of nitrogens with one attached hydrogen (secondary N) is 1. The first-order chi connectivity index (χ1) is 27.9. The number of amides is 3. The van der Waals surface area contributed by atoms with Gasteiger partial charge in [-0.2, -0.15) is 5.10 Å². The van der Waals surface area contributed by atoms with Gasteiger partial charge >= 0.3 is 5.97 Å². The summed E-state index contributed by atoms with van der Waals surface area (Å²) in [4.78, 5) is 57.7. The van der Waals surface area contributed by atoms with Gasteiger partial charge in [-0.05, 0) is 96.3 Å². The molecule has 1 aromatic heterocycles. The monoisotopic (exact) mass is 817 g/mol. The average Bonchev–Trinajstić information content (AvgIpc) is 3.55. The molecule has 3 amide bonds. The Hall–Kier alpha value is -6.31. The highest BCUT2D eigenvalue weighted by Gasteiger charge is 2.30. The third-order valence-corrected chi connectivity index (χ3v) is 12.0. The van der Waals surface area contributed by atoms with E-state index >= 15 is 0 Å². The van der Waals surface area contributed by atoms with Crippen LogP contribution in [0.25, 0.3) is 16.5 Å². The van der Waals surface area contributed by atoms with E-state index in [9.17, 15) is 27.6 Å². The quantitative estimate of drug-likeness (QED) is 0.132. The largest absolute Gasteiger partial charge is 0.465 e. The van der Waals surface area contributed by atoms with Gasteiger partial charge in [0.15, 0.2) is 5.69 Å². The molecule has 1 aliphatic rings. The van der Waals surface area contributed by atoms with Crippen molar-refractivity contribution in [1.29, 1.82) is 0 Å². The summed E-state index contributed by atoms with van der Waals surface area (Å²) >= 11 is 6.88. The molecule has 0 aliphatic carbocycles. The van der Waals surface area contributed by atoms with Gasteiger partial charge in [-0.25, -0.2) is 22.6 Å². The van der Waals surface area contributed by atoms with Crippen LogP contribution in [-0.4, -0.2) is 67.0 Å². The van der Waals surface area contributed by atoms with E-state index in [-0.39, 0.29) is 32.4 Å². The fourth-order valence-corrected chi connectivity index (χ4v) is 8.20. The van der Waals surface area contributed by atoms with Crippen LogP contribution in [-0.2, 0) is 27.7 Å². The number of benzene rings is 5. The van der Waals surface area contributed by atoms with Crippen molar-refractivity contribution in [1.82, 2.24) is 19.4 Å². The Kier molecular flexibility index (Phi) is 11.5. The van der Waals surface area contributed by atoms with Crippen LogP contribution in [0.3, 0.4) is 0 Å². The number of anilines is 1. The van der Waals surface area contributed by atoms with Crippen LogP contribution in [0.1, 0.15) is 78.1 Å². The van der Waals surface area contributed by atoms with Gasteiger partial charge in [0.2, 0.25) is 0 Å². The molecule has 0 saturated carbocycles. The number of nitrogens with zero attached hydrogens (tertiary/aromatic N) is 4. The predicted octanol–water partition coefficient (Wildman–Crippen LogP) is 7.54. The number of aromatic nitrogens is 2. The molecule has 0 atom stereocenters. The van der Waals surface area contributed by atoms with Crippen molar-refractivity contribution in [3.63, 3.8) is 0 Å². The molecular formula is C44H40ClN5O7S. The average molecular weight is 818 g/mol. The maximum atomic E-state index is 14.5. The molecule has 12 nitrogen and oxygen atoms in total. The summed E-state index contributed by atoms with van der Waals surface area (Å²) in [5.74, 6) is -2.37. The number of halogens is 1. The Morgan fingerprint density at radius 3 is 2.28 bits per heavy atom. The smallest absolute Gasteiger partial charge is 0.337 e. The number of rotatable bonds is 11. The lowest BCUT2D eigenvalue weighted by Gasteiger charge is -2.29. The first-order valence-electron chi connectivity index (χ1n) is 18.7. The minimum atomic E-state index is -4.31. The van der Waals surface area contributed by atoms with Gasteiger partial charge in [0.25, 0.3) is 27.7 Å². The van der Waals surface area contributed by atoms with Gasteiger partial charge in [-0.3, -0.25) is 14.4 Å². The molecule has 5 aromatic carbocycles. The van der Waals surface area contributed by atoms with Crippen LogP contribution in [0, 0.1) is 6.92 Å². The Balaban J connectivity index is 1.26. The third kappa shape index (κ3) is 7.95. The minimum Gasteiger partial charge on any atom is -0.465 e. The molecule has 7 rings (SSSR count). The normalized spacial score (nSPS) is 12.5. The second-order valence-electron chi connectivity index (χ2n) is 13.9. The van der Waals surface area contributed by atoms with Crippen molar-refractivity contribution in [2.24, 2.45) is 0 Å². The lowest BCUT2D eigenvalue weighted by molar-refractivity contribution is 0.0600. The Bertz CT molecular complexity index is 2700. The number of esters is 1. The van der Waals surface area contributed by atoms with E-state index in [1.165, 1.54) is 47.0 Å². The van der Waals surface area contributed by atoms with E-state index in [2.05, 4.69) is 9.82 Å². The highest BCUT2D eigenvalue weighted by molar-refractivity contribution is 7.90. The van der Waals surface area contributed by atoms with Crippen LogP contribution in [0.2, 0.25) is 5.02 Å². The molecule has 0 bridgehead atoms. The molecule has 58 heavy (non-hydrogen) atoms. The molecule has 14 heteroatoms. The molecule has 2 heterocycles. The number of sulfonamides is 1. The van der Waals surface area contributed by atoms with Gasteiger partial charge in [-0.15, -0.1) is 0 Å². The summed E-state index contributed by atoms with van der Waals surface area (Å²) in [7, 11) is -3.02. The maximum Gasteiger partial charge on any atom is 0.337 e. The van der Waals surface area contributed by atoms with Crippen molar-refractivity contribution in [3.8, 4) is 5.69 Å². The van der Waals surface area contributed by atoms with Gasteiger partial charge in [0.1, 0.15) is 0 Å². The second kappa shape index (κ2) is 16.7. The highest BCUT2D eigenvalue weighted by atomic mass is 35.5. The minimum absolute atomic E-state index is 0.0534. The van der Waals surface area contributed by atoms with Crippen molar-refractivity contribution in [2.45, 2.75) is 44.6 Å². The topological polar surface area (TPSA) is 148 Å². The zero-order valence-electron chi connectivity index (χ0n) is 32.1. The Labute approximate surface area is 341 Å². The van der Waals surface area contributed by atoms with Gasteiger partial charge in [0, 0.05) is 30.9 Å². The summed E-state index contributed by atoms with van der Waals surface area (Å²) in [6.45, 7) is 4.70. The fourth-order valence-electron chi connectivity index (χ4n) is 6.99. The van der Waals surface area contributed by atoms with Crippen molar-refractivity contribution in [3.05, 3.63) is 153 Å². The fraction of sp³-hybridized carbons (Fsp3) is 0.205. The predicted molar refractivity (Wildman–Crippen MR) is 221 cm³/mol. The van der Waals surface area contributed by atoms with E-state index < -0.39 is 33.7 Å². The lowest BCUT2D eigenvalue weighted by atomic mass is 9.98. The van der Waals surface area contributed by atoms with Crippen molar-refractivity contribution < 1.29 is 32.3 Å². The zero-order valence-corrected chi connectivity index (χ0v) is 33.6. The number of fused-ring (bicyclic) bond motifs is 2. The van der Waals surface area contributed by atoms with Crippen LogP contribution >= 0.6 is 11.6 Å². The SMILES string of the molecule is CCCCN(C(=O)c1nn(-c2ccc(C(=O)NS(=O)(=O)c3ccc4ccccc4c3)cc2C(=O)N2CCc3ccccc3C2)c(C)c1Cl)c1ccc(C(=O)OC)cc1. The lowest BCUT2D eigenvalue weighted by Crippen LogP contribution is -2.37. The van der Waals surface area contributed by atoms with Gasteiger partial charge in [-0.1, -0.05) is 79.5 Å². The Morgan fingerprint density at radius 2 is 1.55 bits per heavy atom. The van der Waals surface area contributed by atoms with Crippen LogP contribution in [0.5, 0.6) is 0 Å². The third-order valence-electron chi connectivity index (χ3n) is 10.2. The van der Waals surface area contributed by atoms with E-state index in [0.717, 1.165) is 22.9 Å². The van der Waals surface area contributed by atoms with Crippen molar-refractivity contribution in [2.75, 3.05) is 25.1 Å². The first kappa shape index (κ1) is 39.9. The molecule has 0 radical (unpaired) electrons. The van der Waals surface area contributed by atoms with E-state index in [1.807, 2.05) is 43.3 Å². The van der Waals surface area contributed by atoms with Crippen LogP contribution in [0.4, 0.5) is 5.69 Å². The van der Waals surface area contributed by atoms with Crippen LogP contribution < -0.4 is 9.62 Å². The molecule has 0 saturated heterocycles. The van der Waals surface area contributed by atoms with E-state index in [1.54, 1.807) is 54.3 Å². The molecule has 6 aromatic rings. The first-order valence-corrected chi connectivity index (χ1v) is 20.6. The van der Waals surface area contributed by atoms with Crippen LogP contribution in [0.15, 0.2) is 114 Å². The number of carbonyl (C=O) groups is 4. The summed E-state index contributed by atoms with van der Waals surface area (Å²) in [5.41, 5.74) is 3.45. The molecule has 0 fully saturated rings. The summed E-state index contributed by atoms with van der Waals surface area (Å²) in [6, 6.07) is 30.4. The molecular weight excluding hydrogens is 778 g/mol. The number of unbranched alkanes of at least 4 members (excludes halogenated alkanes) is 1. The van der Waals surface area contributed by atoms with Gasteiger partial charge < -0.3 is 14.5 Å². The van der Waals surface area contributed by atoms with Crippen molar-refractivity contribution >= 4 is 61.8 Å². The summed E-state index contributed by atoms with van der Waals surface area (Å²) < 4.78 is 35.3. The van der Waals surface area contributed by atoms with Gasteiger partial charge in [0.05, 0.1) is 39.5 Å². The summed E-state index contributed by atoms with van der Waals surface area (Å²) in [5, 5.41) is 6.26. The standard InChI is InChI=1S/C44H40ClN5O7S/c1-4-5-23-49(35-18-14-31(15-19-35)44(54)57-3)43(53)40-39(45)28(2)50(46-40)38-21-17-33(26-37(38)42(52)48-24-22-30-11-7-9-13-34(30)27-48)41(51)47-58(55,56)36-20-16-29-10-6-8-12-32(29)25-36/h6-21,25-26H,4-5,22-24,27H2,1-3H3,(H,47,51). The molecule has 1 aliphatic heterocycles. The molecule has 0 unspecified atom stereocenters. The van der Waals surface area contributed by atoms with E-state index in [4.69, 9.17) is 16.3 Å². The number of hydrogen-bond donors (Lipinski definition) is 1. The maximum absolute atomic E-state index is 14.5. The highest BCUT2D eigenvalue weighted by Crippen LogP contribution is 2.30. The second-order valence-corrected chi connectivity index (χ2v) is 16.0. The molecule has 0 spiro atoms. The zero-order chi connectivity index (χ0) is 41.1. The number of hydrogen-bond acceptors (Lipinski definition) is 8. The number of carbonyl (C=O) groups excluding carboxylic acids is 4.